The number of nitrogens with zero attached hydrogens (tertiary/aromatic N) is 2. The Morgan fingerprint density at radius 1 is 1.10 bits per heavy atom. The number of rotatable bonds is 2. The van der Waals surface area contributed by atoms with Crippen LogP contribution < -0.4 is 5.32 Å². The third-order valence-electron chi connectivity index (χ3n) is 3.01. The lowest BCUT2D eigenvalue weighted by Gasteiger charge is -2.10. The summed E-state index contributed by atoms with van der Waals surface area (Å²) < 4.78 is 0.985. The van der Waals surface area contributed by atoms with Crippen molar-refractivity contribution in [2.45, 2.75) is 0 Å². The number of nitrogens with one attached hydrogen (secondary N) is 1. The number of fused-ring (bicyclic) bond motifs is 1. The van der Waals surface area contributed by atoms with Gasteiger partial charge in [0.05, 0.1) is 11.2 Å². The predicted molar refractivity (Wildman–Crippen MR) is 87.2 cm³/mol. The highest BCUT2D eigenvalue weighted by molar-refractivity contribution is 9.10. The van der Waals surface area contributed by atoms with Gasteiger partial charge >= 0.3 is 0 Å². The van der Waals surface area contributed by atoms with Crippen LogP contribution in [0.5, 0.6) is 0 Å². The van der Waals surface area contributed by atoms with Crippen LogP contribution in [0.4, 0.5) is 5.95 Å². The number of halogens is 2. The van der Waals surface area contributed by atoms with Crippen molar-refractivity contribution in [2.75, 3.05) is 12.4 Å². The van der Waals surface area contributed by atoms with Gasteiger partial charge in [-0.25, -0.2) is 9.97 Å². The van der Waals surface area contributed by atoms with Gasteiger partial charge in [0.15, 0.2) is 0 Å². The molecule has 1 heterocycles. The van der Waals surface area contributed by atoms with E-state index in [1.54, 1.807) is 7.05 Å². The van der Waals surface area contributed by atoms with Crippen LogP contribution in [0.3, 0.4) is 0 Å². The second-order valence-electron chi connectivity index (χ2n) is 4.29. The number of anilines is 1. The minimum atomic E-state index is 0.578. The van der Waals surface area contributed by atoms with Crippen LogP contribution in [0.15, 0.2) is 46.9 Å². The number of hydrogen-bond acceptors (Lipinski definition) is 3. The molecule has 0 saturated heterocycles. The van der Waals surface area contributed by atoms with Crippen molar-refractivity contribution in [1.82, 2.24) is 9.97 Å². The maximum Gasteiger partial charge on any atom is 0.223 e. The van der Waals surface area contributed by atoms with Crippen molar-refractivity contribution in [1.29, 1.82) is 0 Å². The lowest BCUT2D eigenvalue weighted by Crippen LogP contribution is -1.99. The molecule has 0 fully saturated rings. The Balaban J connectivity index is 2.38. The largest absolute Gasteiger partial charge is 0.357 e. The highest BCUT2D eigenvalue weighted by atomic mass is 79.9. The Kier molecular flexibility index (Phi) is 3.59. The van der Waals surface area contributed by atoms with E-state index in [1.165, 1.54) is 0 Å². The number of hydrogen-bond donors (Lipinski definition) is 1. The van der Waals surface area contributed by atoms with Crippen LogP contribution in [-0.2, 0) is 0 Å². The summed E-state index contributed by atoms with van der Waals surface area (Å²) in [5.41, 5.74) is 2.60. The molecular weight excluding hydrogens is 338 g/mol. The minimum Gasteiger partial charge on any atom is -0.357 e. The van der Waals surface area contributed by atoms with Gasteiger partial charge in [-0.15, -0.1) is 0 Å². The molecule has 0 saturated carbocycles. The number of aromatic nitrogens is 2. The van der Waals surface area contributed by atoms with Crippen molar-refractivity contribution in [2.24, 2.45) is 0 Å². The Morgan fingerprint density at radius 3 is 2.65 bits per heavy atom. The van der Waals surface area contributed by atoms with Gasteiger partial charge in [0.25, 0.3) is 0 Å². The molecule has 0 aliphatic rings. The molecule has 0 atom stereocenters. The maximum atomic E-state index is 6.30. The summed E-state index contributed by atoms with van der Waals surface area (Å²) in [5.74, 6) is 0.578. The highest BCUT2D eigenvalue weighted by Crippen LogP contribution is 2.33. The molecule has 0 unspecified atom stereocenters. The van der Waals surface area contributed by atoms with Crippen molar-refractivity contribution >= 4 is 44.4 Å². The monoisotopic (exact) mass is 347 g/mol. The zero-order valence-electron chi connectivity index (χ0n) is 10.7. The Hall–Kier alpha value is -1.65. The summed E-state index contributed by atoms with van der Waals surface area (Å²) in [6.07, 6.45) is 0. The molecule has 0 aliphatic carbocycles. The van der Waals surface area contributed by atoms with Crippen molar-refractivity contribution in [3.05, 3.63) is 52.0 Å². The molecule has 100 valence electrons. The van der Waals surface area contributed by atoms with E-state index in [9.17, 15) is 0 Å². The van der Waals surface area contributed by atoms with Crippen LogP contribution in [0.1, 0.15) is 0 Å². The standard InChI is InChI=1S/C15H11BrClN3/c1-18-15-19-13-7-6-9(16)8-11(13)14(20-15)10-4-2-3-5-12(10)17/h2-8H,1H3,(H,18,19,20). The predicted octanol–water partition coefficient (Wildman–Crippen LogP) is 4.75. The summed E-state index contributed by atoms with van der Waals surface area (Å²) in [5, 5.41) is 4.63. The molecule has 0 bridgehead atoms. The third-order valence-corrected chi connectivity index (χ3v) is 3.83. The first-order valence-corrected chi connectivity index (χ1v) is 7.26. The molecule has 3 aromatic rings. The Labute approximate surface area is 130 Å². The van der Waals surface area contributed by atoms with Gasteiger partial charge in [0.1, 0.15) is 0 Å². The van der Waals surface area contributed by atoms with E-state index in [0.717, 1.165) is 26.6 Å². The molecular formula is C15H11BrClN3. The molecule has 0 amide bonds. The number of benzene rings is 2. The smallest absolute Gasteiger partial charge is 0.223 e. The second-order valence-corrected chi connectivity index (χ2v) is 5.61. The van der Waals surface area contributed by atoms with Gasteiger partial charge in [0, 0.05) is 27.5 Å². The van der Waals surface area contributed by atoms with E-state index in [4.69, 9.17) is 11.6 Å². The zero-order valence-corrected chi connectivity index (χ0v) is 13.0. The summed E-state index contributed by atoms with van der Waals surface area (Å²) >= 11 is 9.79. The second kappa shape index (κ2) is 5.38. The van der Waals surface area contributed by atoms with E-state index in [2.05, 4.69) is 31.2 Å². The summed E-state index contributed by atoms with van der Waals surface area (Å²) in [6.45, 7) is 0. The van der Waals surface area contributed by atoms with E-state index >= 15 is 0 Å². The quantitative estimate of drug-likeness (QED) is 0.726. The molecule has 0 aliphatic heterocycles. The summed E-state index contributed by atoms with van der Waals surface area (Å²) in [6, 6.07) is 13.6. The average molecular weight is 349 g/mol. The SMILES string of the molecule is CNc1nc(-c2ccccc2Cl)c2cc(Br)ccc2n1. The molecule has 2 aromatic carbocycles. The molecule has 3 rings (SSSR count). The van der Waals surface area contributed by atoms with E-state index in [1.807, 2.05) is 42.5 Å². The van der Waals surface area contributed by atoms with E-state index in [0.29, 0.717) is 11.0 Å². The van der Waals surface area contributed by atoms with E-state index < -0.39 is 0 Å². The zero-order chi connectivity index (χ0) is 14.1. The fourth-order valence-corrected chi connectivity index (χ4v) is 2.66. The molecule has 20 heavy (non-hydrogen) atoms. The maximum absolute atomic E-state index is 6.30. The average Bonchev–Trinajstić information content (AvgIpc) is 2.47. The molecule has 1 aromatic heterocycles. The lowest BCUT2D eigenvalue weighted by molar-refractivity contribution is 1.20. The van der Waals surface area contributed by atoms with Crippen LogP contribution in [0.25, 0.3) is 22.2 Å². The van der Waals surface area contributed by atoms with Crippen LogP contribution in [0, 0.1) is 0 Å². The summed E-state index contributed by atoms with van der Waals surface area (Å²) in [7, 11) is 1.80. The molecule has 5 heteroatoms. The normalized spacial score (nSPS) is 10.8. The molecule has 1 N–H and O–H groups in total. The minimum absolute atomic E-state index is 0.578. The van der Waals surface area contributed by atoms with Gasteiger partial charge in [-0.05, 0) is 24.3 Å². The van der Waals surface area contributed by atoms with Crippen LogP contribution >= 0.6 is 27.5 Å². The first-order valence-electron chi connectivity index (χ1n) is 6.09. The summed E-state index contributed by atoms with van der Waals surface area (Å²) in [4.78, 5) is 9.03. The van der Waals surface area contributed by atoms with Crippen LogP contribution in [0.2, 0.25) is 5.02 Å². The highest BCUT2D eigenvalue weighted by Gasteiger charge is 2.12. The first-order chi connectivity index (χ1) is 9.69. The first kappa shape index (κ1) is 13.3. The molecule has 3 nitrogen and oxygen atoms in total. The van der Waals surface area contributed by atoms with Crippen molar-refractivity contribution in [3.8, 4) is 11.3 Å². The fourth-order valence-electron chi connectivity index (χ4n) is 2.07. The molecule has 0 spiro atoms. The fraction of sp³-hybridized carbons (Fsp3) is 0.0667. The van der Waals surface area contributed by atoms with Gasteiger partial charge < -0.3 is 5.32 Å². The molecule has 0 radical (unpaired) electrons. The van der Waals surface area contributed by atoms with Gasteiger partial charge in [-0.3, -0.25) is 0 Å². The van der Waals surface area contributed by atoms with Gasteiger partial charge in [-0.2, -0.15) is 0 Å². The van der Waals surface area contributed by atoms with Crippen molar-refractivity contribution < 1.29 is 0 Å². The van der Waals surface area contributed by atoms with Gasteiger partial charge in [-0.1, -0.05) is 45.7 Å². The third kappa shape index (κ3) is 2.37. The Morgan fingerprint density at radius 2 is 1.90 bits per heavy atom. The topological polar surface area (TPSA) is 37.8 Å². The lowest BCUT2D eigenvalue weighted by atomic mass is 10.1. The van der Waals surface area contributed by atoms with Gasteiger partial charge in [0.2, 0.25) is 5.95 Å². The van der Waals surface area contributed by atoms with Crippen molar-refractivity contribution in [3.63, 3.8) is 0 Å². The van der Waals surface area contributed by atoms with Crippen LogP contribution in [-0.4, -0.2) is 17.0 Å². The Bertz CT molecular complexity index is 789. The van der Waals surface area contributed by atoms with E-state index in [-0.39, 0.29) is 0 Å².